The van der Waals surface area contributed by atoms with Crippen LogP contribution in [0.4, 0.5) is 0 Å². The Morgan fingerprint density at radius 2 is 1.33 bits per heavy atom. The number of carbonyl (C=O) groups is 2. The summed E-state index contributed by atoms with van der Waals surface area (Å²) < 4.78 is 0. The minimum absolute atomic E-state index is 0.0186. The molecule has 0 unspecified atom stereocenters. The molecule has 2 rings (SSSR count). The quantitative estimate of drug-likeness (QED) is 0.691. The third-order valence-corrected chi connectivity index (χ3v) is 2.99. The first-order valence-corrected chi connectivity index (χ1v) is 5.27. The van der Waals surface area contributed by atoms with Crippen molar-refractivity contribution in [3.05, 3.63) is 34.4 Å². The number of rotatable bonds is 2. The van der Waals surface area contributed by atoms with Crippen molar-refractivity contribution in [1.82, 2.24) is 0 Å². The zero-order valence-corrected chi connectivity index (χ0v) is 9.09. The van der Waals surface area contributed by atoms with Gasteiger partial charge in [0.25, 0.3) is 0 Å². The van der Waals surface area contributed by atoms with Gasteiger partial charge in [-0.1, -0.05) is 0 Å². The van der Waals surface area contributed by atoms with Gasteiger partial charge in [0.2, 0.25) is 0 Å². The van der Waals surface area contributed by atoms with Gasteiger partial charge in [0.05, 0.1) is 0 Å². The van der Waals surface area contributed by atoms with Crippen LogP contribution in [0.3, 0.4) is 0 Å². The summed E-state index contributed by atoms with van der Waals surface area (Å²) in [5.41, 5.74) is 3.65. The highest BCUT2D eigenvalue weighted by atomic mass is 16.1. The second kappa shape index (κ2) is 3.61. The fraction of sp³-hybridized carbons (Fsp3) is 0.385. The van der Waals surface area contributed by atoms with E-state index < -0.39 is 0 Å². The van der Waals surface area contributed by atoms with Crippen molar-refractivity contribution in [1.29, 1.82) is 0 Å². The number of Topliss-reactive ketones (excluding diaryl/α,β-unsaturated/α-hetero) is 2. The normalized spacial score (nSPS) is 13.7. The molecule has 1 aromatic carbocycles. The molecule has 0 fully saturated rings. The second-order valence-electron chi connectivity index (χ2n) is 4.13. The van der Waals surface area contributed by atoms with Gasteiger partial charge in [-0.3, -0.25) is 9.59 Å². The fourth-order valence-corrected chi connectivity index (χ4v) is 2.21. The monoisotopic (exact) mass is 202 g/mol. The zero-order chi connectivity index (χ0) is 11.0. The van der Waals surface area contributed by atoms with E-state index in [9.17, 15) is 9.59 Å². The van der Waals surface area contributed by atoms with Crippen LogP contribution < -0.4 is 0 Å². The van der Waals surface area contributed by atoms with Crippen LogP contribution >= 0.6 is 0 Å². The van der Waals surface area contributed by atoms with Crippen molar-refractivity contribution in [2.45, 2.75) is 33.1 Å². The van der Waals surface area contributed by atoms with Crippen LogP contribution in [0.1, 0.15) is 52.1 Å². The van der Waals surface area contributed by atoms with Crippen molar-refractivity contribution in [2.75, 3.05) is 0 Å². The van der Waals surface area contributed by atoms with Gasteiger partial charge in [0.15, 0.2) is 11.6 Å². The number of benzene rings is 1. The minimum atomic E-state index is -0.0186. The van der Waals surface area contributed by atoms with Crippen molar-refractivity contribution < 1.29 is 9.59 Å². The number of aryl methyl sites for hydroxylation is 2. The molecular weight excluding hydrogens is 188 g/mol. The lowest BCUT2D eigenvalue weighted by Crippen LogP contribution is -2.05. The van der Waals surface area contributed by atoms with Gasteiger partial charge in [0, 0.05) is 11.1 Å². The van der Waals surface area contributed by atoms with Crippen LogP contribution in [0.2, 0.25) is 0 Å². The van der Waals surface area contributed by atoms with Gasteiger partial charge in [-0.05, 0) is 56.4 Å². The molecule has 1 aliphatic rings. The first kappa shape index (κ1) is 10.1. The molecule has 0 spiro atoms. The van der Waals surface area contributed by atoms with Crippen molar-refractivity contribution in [3.63, 3.8) is 0 Å². The van der Waals surface area contributed by atoms with E-state index in [4.69, 9.17) is 0 Å². The Morgan fingerprint density at radius 3 is 1.67 bits per heavy atom. The topological polar surface area (TPSA) is 34.1 Å². The van der Waals surface area contributed by atoms with Crippen LogP contribution in [0.15, 0.2) is 12.1 Å². The second-order valence-corrected chi connectivity index (χ2v) is 4.13. The summed E-state index contributed by atoms with van der Waals surface area (Å²) in [5.74, 6) is -0.0372. The van der Waals surface area contributed by atoms with E-state index in [0.29, 0.717) is 11.1 Å². The van der Waals surface area contributed by atoms with E-state index in [2.05, 4.69) is 0 Å². The predicted molar refractivity (Wildman–Crippen MR) is 58.5 cm³/mol. The lowest BCUT2D eigenvalue weighted by Gasteiger charge is -2.07. The Balaban J connectivity index is 2.62. The molecule has 0 amide bonds. The van der Waals surface area contributed by atoms with E-state index in [1.807, 2.05) is 12.1 Å². The third-order valence-electron chi connectivity index (χ3n) is 2.99. The van der Waals surface area contributed by atoms with Crippen LogP contribution in [0, 0.1) is 0 Å². The predicted octanol–water partition coefficient (Wildman–Crippen LogP) is 2.58. The van der Waals surface area contributed by atoms with E-state index in [0.717, 1.165) is 19.3 Å². The summed E-state index contributed by atoms with van der Waals surface area (Å²) in [5, 5.41) is 0. The molecule has 1 aliphatic carbocycles. The molecular formula is C13H14O2. The Labute approximate surface area is 89.3 Å². The number of hydrogen-bond acceptors (Lipinski definition) is 2. The average molecular weight is 202 g/mol. The molecule has 0 saturated carbocycles. The maximum atomic E-state index is 11.4. The third kappa shape index (κ3) is 1.72. The van der Waals surface area contributed by atoms with Crippen LogP contribution in [0.5, 0.6) is 0 Å². The van der Waals surface area contributed by atoms with Gasteiger partial charge in [-0.2, -0.15) is 0 Å². The molecule has 15 heavy (non-hydrogen) atoms. The largest absolute Gasteiger partial charge is 0.294 e. The van der Waals surface area contributed by atoms with Crippen molar-refractivity contribution in [3.8, 4) is 0 Å². The van der Waals surface area contributed by atoms with Gasteiger partial charge in [-0.25, -0.2) is 0 Å². The lowest BCUT2D eigenvalue weighted by molar-refractivity contribution is 0.0980. The van der Waals surface area contributed by atoms with Crippen LogP contribution in [0.25, 0.3) is 0 Å². The zero-order valence-electron chi connectivity index (χ0n) is 9.09. The molecule has 0 atom stereocenters. The van der Waals surface area contributed by atoms with E-state index in [1.54, 1.807) is 0 Å². The van der Waals surface area contributed by atoms with Crippen LogP contribution in [-0.2, 0) is 12.8 Å². The van der Waals surface area contributed by atoms with E-state index >= 15 is 0 Å². The summed E-state index contributed by atoms with van der Waals surface area (Å²) in [6, 6.07) is 3.81. The van der Waals surface area contributed by atoms with Gasteiger partial charge in [-0.15, -0.1) is 0 Å². The minimum Gasteiger partial charge on any atom is -0.294 e. The Hall–Kier alpha value is -1.44. The van der Waals surface area contributed by atoms with Crippen LogP contribution in [-0.4, -0.2) is 11.6 Å². The highest BCUT2D eigenvalue weighted by Gasteiger charge is 2.18. The first-order valence-electron chi connectivity index (χ1n) is 5.27. The molecule has 78 valence electrons. The Kier molecular flexibility index (Phi) is 2.43. The number of fused-ring (bicyclic) bond motifs is 1. The number of ketones is 2. The lowest BCUT2D eigenvalue weighted by atomic mass is 9.96. The smallest absolute Gasteiger partial charge is 0.160 e. The highest BCUT2D eigenvalue weighted by Crippen LogP contribution is 2.26. The van der Waals surface area contributed by atoms with Gasteiger partial charge in [0.1, 0.15) is 0 Å². The molecule has 1 aromatic rings. The Bertz CT molecular complexity index is 403. The number of carbonyl (C=O) groups excluding carboxylic acids is 2. The molecule has 0 N–H and O–H groups in total. The molecule has 2 nitrogen and oxygen atoms in total. The average Bonchev–Trinajstić information content (AvgIpc) is 2.61. The van der Waals surface area contributed by atoms with E-state index in [1.165, 1.54) is 25.0 Å². The maximum absolute atomic E-state index is 11.4. The summed E-state index contributed by atoms with van der Waals surface area (Å²) in [6.07, 6.45) is 3.20. The molecule has 2 heteroatoms. The first-order chi connectivity index (χ1) is 7.09. The fourth-order valence-electron chi connectivity index (χ4n) is 2.21. The molecule has 0 heterocycles. The maximum Gasteiger partial charge on any atom is 0.160 e. The summed E-state index contributed by atoms with van der Waals surface area (Å²) in [6.45, 7) is 3.03. The summed E-state index contributed by atoms with van der Waals surface area (Å²) in [7, 11) is 0. The molecule has 0 bridgehead atoms. The Morgan fingerprint density at radius 1 is 0.933 bits per heavy atom. The van der Waals surface area contributed by atoms with Gasteiger partial charge < -0.3 is 0 Å². The SMILES string of the molecule is CC(=O)c1cc2c(cc1C(C)=O)CCC2. The molecule has 0 aromatic heterocycles. The number of hydrogen-bond donors (Lipinski definition) is 0. The standard InChI is InChI=1S/C13H14O2/c1-8(14)12-6-10-4-3-5-11(10)7-13(12)9(2)15/h6-7H,3-5H2,1-2H3. The summed E-state index contributed by atoms with van der Waals surface area (Å²) >= 11 is 0. The summed E-state index contributed by atoms with van der Waals surface area (Å²) in [4.78, 5) is 22.8. The van der Waals surface area contributed by atoms with Crippen molar-refractivity contribution >= 4 is 11.6 Å². The molecule has 0 saturated heterocycles. The molecule has 0 radical (unpaired) electrons. The van der Waals surface area contributed by atoms with E-state index in [-0.39, 0.29) is 11.6 Å². The molecule has 0 aliphatic heterocycles. The van der Waals surface area contributed by atoms with Gasteiger partial charge >= 0.3 is 0 Å². The highest BCUT2D eigenvalue weighted by molar-refractivity contribution is 6.07. The van der Waals surface area contributed by atoms with Crippen molar-refractivity contribution in [2.24, 2.45) is 0 Å².